The highest BCUT2D eigenvalue weighted by Gasteiger charge is 2.29. The van der Waals surface area contributed by atoms with E-state index in [0.717, 1.165) is 47.6 Å². The van der Waals surface area contributed by atoms with Crippen molar-refractivity contribution in [3.8, 4) is 0 Å². The van der Waals surface area contributed by atoms with E-state index in [9.17, 15) is 4.79 Å². The van der Waals surface area contributed by atoms with E-state index in [-0.39, 0.29) is 11.9 Å². The molecule has 5 rings (SSSR count). The Kier molecular flexibility index (Phi) is 5.97. The van der Waals surface area contributed by atoms with Crippen molar-refractivity contribution in [1.29, 1.82) is 0 Å². The van der Waals surface area contributed by atoms with E-state index in [2.05, 4.69) is 21.7 Å². The van der Waals surface area contributed by atoms with E-state index in [1.807, 2.05) is 36.4 Å². The maximum Gasteiger partial charge on any atom is 0.291 e. The number of halogens is 1. The number of aromatic nitrogens is 1. The molecule has 0 saturated carbocycles. The molecule has 3 aromatic heterocycles. The third-order valence-electron chi connectivity index (χ3n) is 5.61. The number of benzene rings is 1. The number of anilines is 2. The van der Waals surface area contributed by atoms with Gasteiger partial charge in [-0.3, -0.25) is 4.79 Å². The molecule has 1 atom stereocenters. The summed E-state index contributed by atoms with van der Waals surface area (Å²) in [6, 6.07) is 16.8. The van der Waals surface area contributed by atoms with Crippen molar-refractivity contribution in [3.05, 3.63) is 99.4 Å². The molecule has 1 aliphatic carbocycles. The van der Waals surface area contributed by atoms with Crippen molar-refractivity contribution in [2.24, 2.45) is 0 Å². The molecule has 0 fully saturated rings. The summed E-state index contributed by atoms with van der Waals surface area (Å²) in [7, 11) is 0. The fourth-order valence-corrected chi connectivity index (χ4v) is 5.69. The standard InChI is InChI=1S/C25H22ClN3O2S/c26-17-8-5-7-16(15-17)23(28-21-12-3-4-13-27-21)22-18-9-1-2-11-20(18)32-25(22)29-24(30)19-10-6-14-31-19/h3-8,10,12-15,23H,1-2,9,11H2,(H,27,28)(H,29,30). The fourth-order valence-electron chi connectivity index (χ4n) is 4.17. The minimum absolute atomic E-state index is 0.214. The summed E-state index contributed by atoms with van der Waals surface area (Å²) < 4.78 is 5.32. The average molecular weight is 464 g/mol. The zero-order chi connectivity index (χ0) is 21.9. The molecule has 1 amide bonds. The minimum Gasteiger partial charge on any atom is -0.459 e. The number of carbonyl (C=O) groups excluding carboxylic acids is 1. The summed E-state index contributed by atoms with van der Waals surface area (Å²) in [6.07, 6.45) is 7.57. The number of thiophene rings is 1. The Labute approximate surface area is 195 Å². The first-order valence-electron chi connectivity index (χ1n) is 10.6. The van der Waals surface area contributed by atoms with E-state index in [1.54, 1.807) is 29.7 Å². The van der Waals surface area contributed by atoms with Crippen LogP contribution in [0.3, 0.4) is 0 Å². The summed E-state index contributed by atoms with van der Waals surface area (Å²) in [4.78, 5) is 18.7. The molecule has 3 heterocycles. The molecule has 0 bridgehead atoms. The van der Waals surface area contributed by atoms with Crippen LogP contribution in [0.4, 0.5) is 10.8 Å². The quantitative estimate of drug-likeness (QED) is 0.333. The molecule has 32 heavy (non-hydrogen) atoms. The number of furan rings is 1. The van der Waals surface area contributed by atoms with Gasteiger partial charge in [-0.2, -0.15) is 0 Å². The predicted octanol–water partition coefficient (Wildman–Crippen LogP) is 6.72. The minimum atomic E-state index is -0.252. The first-order chi connectivity index (χ1) is 15.7. The molecule has 7 heteroatoms. The first-order valence-corrected chi connectivity index (χ1v) is 11.8. The van der Waals surface area contributed by atoms with Crippen LogP contribution in [0, 0.1) is 0 Å². The van der Waals surface area contributed by atoms with Crippen LogP contribution in [0.5, 0.6) is 0 Å². The molecule has 1 aliphatic rings. The van der Waals surface area contributed by atoms with Gasteiger partial charge in [0.1, 0.15) is 10.8 Å². The number of aryl methyl sites for hydroxylation is 1. The number of fused-ring (bicyclic) bond motifs is 1. The molecule has 0 spiro atoms. The number of hydrogen-bond donors (Lipinski definition) is 2. The van der Waals surface area contributed by atoms with Crippen LogP contribution in [-0.2, 0) is 12.8 Å². The second-order valence-electron chi connectivity index (χ2n) is 7.73. The van der Waals surface area contributed by atoms with Crippen LogP contribution in [0.1, 0.15) is 51.0 Å². The Hall–Kier alpha value is -3.09. The second kappa shape index (κ2) is 9.18. The molecular formula is C25H22ClN3O2S. The summed E-state index contributed by atoms with van der Waals surface area (Å²) in [5.41, 5.74) is 3.41. The van der Waals surface area contributed by atoms with Gasteiger partial charge in [-0.1, -0.05) is 29.8 Å². The van der Waals surface area contributed by atoms with E-state index >= 15 is 0 Å². The average Bonchev–Trinajstić information content (AvgIpc) is 3.46. The lowest BCUT2D eigenvalue weighted by Crippen LogP contribution is -2.18. The maximum atomic E-state index is 12.9. The normalized spacial score (nSPS) is 13.9. The molecule has 0 aliphatic heterocycles. The summed E-state index contributed by atoms with van der Waals surface area (Å²) in [6.45, 7) is 0. The number of nitrogens with one attached hydrogen (secondary N) is 2. The van der Waals surface area contributed by atoms with Crippen molar-refractivity contribution in [1.82, 2.24) is 4.98 Å². The molecule has 0 saturated heterocycles. The van der Waals surface area contributed by atoms with Crippen molar-refractivity contribution in [2.75, 3.05) is 10.6 Å². The molecule has 5 nitrogen and oxygen atoms in total. The maximum absolute atomic E-state index is 12.9. The zero-order valence-electron chi connectivity index (χ0n) is 17.3. The van der Waals surface area contributed by atoms with E-state index in [4.69, 9.17) is 16.0 Å². The summed E-state index contributed by atoms with van der Waals surface area (Å²) in [5.74, 6) is 0.799. The molecule has 0 radical (unpaired) electrons. The van der Waals surface area contributed by atoms with Gasteiger partial charge >= 0.3 is 0 Å². The lowest BCUT2D eigenvalue weighted by Gasteiger charge is -2.24. The van der Waals surface area contributed by atoms with Gasteiger partial charge in [0.05, 0.1) is 12.3 Å². The summed E-state index contributed by atoms with van der Waals surface area (Å²) in [5, 5.41) is 8.21. The molecular weight excluding hydrogens is 442 g/mol. The van der Waals surface area contributed by atoms with Gasteiger partial charge in [-0.15, -0.1) is 11.3 Å². The number of pyridine rings is 1. The SMILES string of the molecule is O=C(Nc1sc2c(c1C(Nc1ccccn1)c1cccc(Cl)c1)CCCC2)c1ccco1. The summed E-state index contributed by atoms with van der Waals surface area (Å²) >= 11 is 8.02. The second-order valence-corrected chi connectivity index (χ2v) is 9.27. The Morgan fingerprint density at radius 3 is 2.78 bits per heavy atom. The highest BCUT2D eigenvalue weighted by Crippen LogP contribution is 2.44. The molecule has 1 unspecified atom stereocenters. The number of hydrogen-bond acceptors (Lipinski definition) is 5. The number of rotatable bonds is 6. The Morgan fingerprint density at radius 2 is 2.00 bits per heavy atom. The van der Waals surface area contributed by atoms with Gasteiger partial charge in [0.25, 0.3) is 5.91 Å². The lowest BCUT2D eigenvalue weighted by atomic mass is 9.89. The van der Waals surface area contributed by atoms with Crippen LogP contribution >= 0.6 is 22.9 Å². The third kappa shape index (κ3) is 4.29. The van der Waals surface area contributed by atoms with Gasteiger partial charge < -0.3 is 15.1 Å². The monoisotopic (exact) mass is 463 g/mol. The molecule has 1 aromatic carbocycles. The largest absolute Gasteiger partial charge is 0.459 e. The Bertz CT molecular complexity index is 1220. The Morgan fingerprint density at radius 1 is 1.09 bits per heavy atom. The highest BCUT2D eigenvalue weighted by atomic mass is 35.5. The van der Waals surface area contributed by atoms with Crippen LogP contribution in [0.15, 0.2) is 71.5 Å². The zero-order valence-corrected chi connectivity index (χ0v) is 18.9. The number of nitrogens with zero attached hydrogens (tertiary/aromatic N) is 1. The van der Waals surface area contributed by atoms with Crippen molar-refractivity contribution < 1.29 is 9.21 Å². The first kappa shape index (κ1) is 20.8. The van der Waals surface area contributed by atoms with E-state index in [1.165, 1.54) is 16.7 Å². The van der Waals surface area contributed by atoms with Gasteiger partial charge in [0.2, 0.25) is 0 Å². The van der Waals surface area contributed by atoms with Crippen molar-refractivity contribution in [2.45, 2.75) is 31.7 Å². The fraction of sp³-hybridized carbons (Fsp3) is 0.200. The molecule has 2 N–H and O–H groups in total. The number of carbonyl (C=O) groups is 1. The molecule has 4 aromatic rings. The smallest absolute Gasteiger partial charge is 0.291 e. The van der Waals surface area contributed by atoms with Crippen LogP contribution < -0.4 is 10.6 Å². The van der Waals surface area contributed by atoms with Crippen molar-refractivity contribution in [3.63, 3.8) is 0 Å². The molecule has 162 valence electrons. The van der Waals surface area contributed by atoms with Gasteiger partial charge in [-0.05, 0) is 73.2 Å². The van der Waals surface area contributed by atoms with Gasteiger partial charge in [-0.25, -0.2) is 4.98 Å². The van der Waals surface area contributed by atoms with Crippen LogP contribution in [0.25, 0.3) is 0 Å². The van der Waals surface area contributed by atoms with Crippen LogP contribution in [0.2, 0.25) is 5.02 Å². The van der Waals surface area contributed by atoms with Gasteiger partial charge in [0, 0.05) is 21.7 Å². The van der Waals surface area contributed by atoms with Crippen molar-refractivity contribution >= 4 is 39.7 Å². The number of amides is 1. The van der Waals surface area contributed by atoms with Crippen LogP contribution in [-0.4, -0.2) is 10.9 Å². The lowest BCUT2D eigenvalue weighted by molar-refractivity contribution is 0.0997. The van der Waals surface area contributed by atoms with E-state index < -0.39 is 0 Å². The third-order valence-corrected chi connectivity index (χ3v) is 7.07. The van der Waals surface area contributed by atoms with Gasteiger partial charge in [0.15, 0.2) is 5.76 Å². The predicted molar refractivity (Wildman–Crippen MR) is 129 cm³/mol. The topological polar surface area (TPSA) is 67.2 Å². The Balaban J connectivity index is 1.62. The van der Waals surface area contributed by atoms with E-state index in [0.29, 0.717) is 10.8 Å². The highest BCUT2D eigenvalue weighted by molar-refractivity contribution is 7.16.